The molecule has 0 saturated carbocycles. The van der Waals surface area contributed by atoms with Gasteiger partial charge in [-0.2, -0.15) is 5.01 Å². The van der Waals surface area contributed by atoms with Crippen molar-refractivity contribution in [1.82, 2.24) is 5.01 Å². The number of carbonyl (C=O) groups is 2. The van der Waals surface area contributed by atoms with Crippen molar-refractivity contribution >= 4 is 40.7 Å². The molecule has 3 atom stereocenters. The van der Waals surface area contributed by atoms with E-state index in [1.807, 2.05) is 36.4 Å². The van der Waals surface area contributed by atoms with Crippen molar-refractivity contribution in [2.24, 2.45) is 5.92 Å². The van der Waals surface area contributed by atoms with Gasteiger partial charge in [0.2, 0.25) is 0 Å². The minimum Gasteiger partial charge on any atom is -0.497 e. The normalized spacial score (nSPS) is 22.0. The monoisotopic (exact) mass is 578 g/mol. The molecule has 2 amide bonds. The number of amides is 2. The van der Waals surface area contributed by atoms with Gasteiger partial charge in [0.25, 0.3) is 11.8 Å². The molecule has 1 aliphatic carbocycles. The Morgan fingerprint density at radius 1 is 1.12 bits per heavy atom. The van der Waals surface area contributed by atoms with Crippen LogP contribution in [0.5, 0.6) is 11.5 Å². The Balaban J connectivity index is 1.74. The number of hydrogen-bond acceptors (Lipinski definition) is 6. The number of nitrogens with zero attached hydrogens (tertiary/aromatic N) is 1. The van der Waals surface area contributed by atoms with Crippen LogP contribution in [-0.4, -0.2) is 42.3 Å². The molecule has 5 rings (SSSR count). The van der Waals surface area contributed by atoms with Crippen molar-refractivity contribution in [3.8, 4) is 11.5 Å². The van der Waals surface area contributed by atoms with Gasteiger partial charge in [0, 0.05) is 16.5 Å². The number of aliphatic hydroxyl groups excluding tert-OH is 1. The SMILES string of the molecule is C=CC1=CC[C@H]2C(=O)N(Nc3ccc(Cl)cc3Cl)C(=O)[C@@]2(c2ccc(OC)cc2)[C@H]1c1ccccc1OCCO. The molecular weight excluding hydrogens is 551 g/mol. The first-order valence-corrected chi connectivity index (χ1v) is 13.5. The third-order valence-corrected chi connectivity index (χ3v) is 8.10. The highest BCUT2D eigenvalue weighted by Crippen LogP contribution is 2.59. The van der Waals surface area contributed by atoms with Crippen LogP contribution in [0.1, 0.15) is 23.5 Å². The Labute approximate surface area is 242 Å². The topological polar surface area (TPSA) is 88.1 Å². The molecule has 206 valence electrons. The second kappa shape index (κ2) is 11.4. The predicted molar refractivity (Wildman–Crippen MR) is 155 cm³/mol. The Morgan fingerprint density at radius 2 is 1.88 bits per heavy atom. The number of anilines is 1. The number of allylic oxidation sites excluding steroid dienone is 3. The molecule has 0 radical (unpaired) electrons. The van der Waals surface area contributed by atoms with Crippen LogP contribution in [0, 0.1) is 5.92 Å². The smallest absolute Gasteiger partial charge is 0.260 e. The van der Waals surface area contributed by atoms with Gasteiger partial charge >= 0.3 is 0 Å². The summed E-state index contributed by atoms with van der Waals surface area (Å²) >= 11 is 12.5. The molecule has 0 unspecified atom stereocenters. The standard InChI is InChI=1S/C31H28Cl2N2O5/c1-3-19-8-14-24-29(37)35(34-26-15-11-21(32)18-25(26)33)30(38)31(24,20-9-12-22(39-2)13-10-20)28(19)23-6-4-5-7-27(23)40-17-16-36/h3-13,15,18,24,28,34,36H,1,14,16-17H2,2H3/t24-,28+,31+/m0/s1. The molecule has 1 heterocycles. The van der Waals surface area contributed by atoms with E-state index in [1.165, 1.54) is 6.07 Å². The van der Waals surface area contributed by atoms with Gasteiger partial charge in [0.15, 0.2) is 0 Å². The Bertz CT molecular complexity index is 1490. The molecule has 1 aliphatic heterocycles. The number of fused-ring (bicyclic) bond motifs is 1. The summed E-state index contributed by atoms with van der Waals surface area (Å²) in [6.07, 6.45) is 4.00. The lowest BCUT2D eigenvalue weighted by Gasteiger charge is -2.43. The van der Waals surface area contributed by atoms with E-state index in [4.69, 9.17) is 32.7 Å². The van der Waals surface area contributed by atoms with Crippen LogP contribution in [0.15, 0.2) is 91.0 Å². The number of ether oxygens (including phenoxy) is 2. The van der Waals surface area contributed by atoms with Crippen molar-refractivity contribution in [3.63, 3.8) is 0 Å². The summed E-state index contributed by atoms with van der Waals surface area (Å²) in [6, 6.07) is 19.4. The number of benzene rings is 3. The minimum atomic E-state index is -1.35. The lowest BCUT2D eigenvalue weighted by molar-refractivity contribution is -0.138. The fourth-order valence-corrected chi connectivity index (χ4v) is 6.28. The van der Waals surface area contributed by atoms with E-state index in [9.17, 15) is 14.7 Å². The number of imide groups is 1. The van der Waals surface area contributed by atoms with Crippen LogP contribution in [0.25, 0.3) is 0 Å². The lowest BCUT2D eigenvalue weighted by Crippen LogP contribution is -2.48. The quantitative estimate of drug-likeness (QED) is 0.306. The highest BCUT2D eigenvalue weighted by atomic mass is 35.5. The van der Waals surface area contributed by atoms with Crippen LogP contribution in [0.4, 0.5) is 5.69 Å². The number of halogens is 2. The summed E-state index contributed by atoms with van der Waals surface area (Å²) in [7, 11) is 1.57. The number of nitrogens with one attached hydrogen (secondary N) is 1. The molecule has 40 heavy (non-hydrogen) atoms. The van der Waals surface area contributed by atoms with Gasteiger partial charge in [-0.05, 0) is 54.0 Å². The molecule has 2 N–H and O–H groups in total. The fourth-order valence-electron chi connectivity index (χ4n) is 5.83. The summed E-state index contributed by atoms with van der Waals surface area (Å²) in [4.78, 5) is 28.9. The molecule has 0 spiro atoms. The van der Waals surface area contributed by atoms with E-state index in [2.05, 4.69) is 12.0 Å². The van der Waals surface area contributed by atoms with Gasteiger partial charge in [-0.3, -0.25) is 15.0 Å². The van der Waals surface area contributed by atoms with Crippen molar-refractivity contribution in [1.29, 1.82) is 0 Å². The van der Waals surface area contributed by atoms with Crippen LogP contribution >= 0.6 is 23.2 Å². The number of methoxy groups -OCH3 is 1. The van der Waals surface area contributed by atoms with E-state index < -0.39 is 23.2 Å². The Hall–Kier alpha value is -3.78. The number of carbonyl (C=O) groups excluding carboxylic acids is 2. The van der Waals surface area contributed by atoms with Crippen molar-refractivity contribution in [3.05, 3.63) is 112 Å². The Morgan fingerprint density at radius 3 is 2.55 bits per heavy atom. The molecule has 0 aromatic heterocycles. The fraction of sp³-hybridized carbons (Fsp3) is 0.226. The molecule has 7 nitrogen and oxygen atoms in total. The highest BCUT2D eigenvalue weighted by Gasteiger charge is 2.66. The lowest BCUT2D eigenvalue weighted by atomic mass is 9.56. The van der Waals surface area contributed by atoms with Crippen LogP contribution < -0.4 is 14.9 Å². The van der Waals surface area contributed by atoms with Gasteiger partial charge < -0.3 is 14.6 Å². The van der Waals surface area contributed by atoms with Gasteiger partial charge in [-0.1, -0.05) is 72.3 Å². The van der Waals surface area contributed by atoms with Gasteiger partial charge in [0.05, 0.1) is 35.8 Å². The highest BCUT2D eigenvalue weighted by molar-refractivity contribution is 6.36. The summed E-state index contributed by atoms with van der Waals surface area (Å²) < 4.78 is 11.3. The summed E-state index contributed by atoms with van der Waals surface area (Å²) in [5.74, 6) is -1.06. The molecule has 1 fully saturated rings. The van der Waals surface area contributed by atoms with E-state index >= 15 is 0 Å². The van der Waals surface area contributed by atoms with Gasteiger partial charge in [-0.25, -0.2) is 0 Å². The van der Waals surface area contributed by atoms with Gasteiger partial charge in [-0.15, -0.1) is 0 Å². The second-order valence-electron chi connectivity index (χ2n) is 9.55. The zero-order chi connectivity index (χ0) is 28.4. The molecule has 3 aromatic rings. The molecule has 3 aromatic carbocycles. The van der Waals surface area contributed by atoms with Crippen molar-refractivity contribution in [2.75, 3.05) is 25.7 Å². The average molecular weight is 579 g/mol. The molecule has 1 saturated heterocycles. The zero-order valence-corrected chi connectivity index (χ0v) is 23.3. The number of aliphatic hydroxyl groups is 1. The van der Waals surface area contributed by atoms with Crippen molar-refractivity contribution in [2.45, 2.75) is 17.8 Å². The maximum Gasteiger partial charge on any atom is 0.260 e. The predicted octanol–water partition coefficient (Wildman–Crippen LogP) is 5.92. The van der Waals surface area contributed by atoms with E-state index in [1.54, 1.807) is 43.5 Å². The van der Waals surface area contributed by atoms with Crippen LogP contribution in [-0.2, 0) is 15.0 Å². The Kier molecular flexibility index (Phi) is 7.90. The zero-order valence-electron chi connectivity index (χ0n) is 21.8. The number of hydrogen-bond donors (Lipinski definition) is 2. The average Bonchev–Trinajstić information content (AvgIpc) is 3.19. The summed E-state index contributed by atoms with van der Waals surface area (Å²) in [5, 5.41) is 11.2. The van der Waals surface area contributed by atoms with E-state index in [-0.39, 0.29) is 24.1 Å². The number of para-hydroxylation sites is 1. The first-order chi connectivity index (χ1) is 19.4. The van der Waals surface area contributed by atoms with Gasteiger partial charge in [0.1, 0.15) is 18.1 Å². The van der Waals surface area contributed by atoms with Crippen molar-refractivity contribution < 1.29 is 24.2 Å². The second-order valence-corrected chi connectivity index (χ2v) is 10.4. The van der Waals surface area contributed by atoms with E-state index in [0.717, 1.165) is 10.6 Å². The first-order valence-electron chi connectivity index (χ1n) is 12.8. The van der Waals surface area contributed by atoms with E-state index in [0.29, 0.717) is 39.8 Å². The third-order valence-electron chi connectivity index (χ3n) is 7.55. The van der Waals surface area contributed by atoms with Crippen LogP contribution in [0.2, 0.25) is 10.0 Å². The molecule has 2 aliphatic rings. The maximum atomic E-state index is 14.8. The summed E-state index contributed by atoms with van der Waals surface area (Å²) in [5.41, 5.74) is 4.13. The molecule has 9 heteroatoms. The first kappa shape index (κ1) is 27.8. The molecular formula is C31H28Cl2N2O5. The third kappa shape index (κ3) is 4.54. The minimum absolute atomic E-state index is 0.0749. The number of rotatable bonds is 9. The number of hydrazine groups is 1. The van der Waals surface area contributed by atoms with Crippen LogP contribution in [0.3, 0.4) is 0 Å². The summed E-state index contributed by atoms with van der Waals surface area (Å²) in [6.45, 7) is 3.95. The largest absolute Gasteiger partial charge is 0.497 e. The molecule has 0 bridgehead atoms. The maximum absolute atomic E-state index is 14.8.